The maximum atomic E-state index is 11.6. The van der Waals surface area contributed by atoms with Crippen molar-refractivity contribution in [3.05, 3.63) is 34.5 Å². The van der Waals surface area contributed by atoms with Gasteiger partial charge in [-0.3, -0.25) is 4.79 Å². The smallest absolute Gasteiger partial charge is 0.336 e. The Kier molecular flexibility index (Phi) is 6.03. The minimum absolute atomic E-state index is 0.0853. The molecule has 27 heavy (non-hydrogen) atoms. The monoisotopic (exact) mass is 405 g/mol. The molecule has 1 aromatic heterocycles. The standard InChI is InChI=1S/C13H12N2O3.C6H19NSi2/c14-12(16)9-8-4-5-15-11(8)7-3-1-2-6(7)10(9)13(17)18;1-8(2,3)7-9(4,5)6/h4-5,15H,1-3H2,(H2,14,16)(H,17,18);7H,1-6H3. The zero-order chi connectivity index (χ0) is 20.6. The molecule has 3 rings (SSSR count). The molecule has 0 aliphatic heterocycles. The van der Waals surface area contributed by atoms with E-state index in [-0.39, 0.29) is 11.1 Å². The van der Waals surface area contributed by atoms with E-state index in [9.17, 15) is 14.7 Å². The summed E-state index contributed by atoms with van der Waals surface area (Å²) in [4.78, 5) is 26.1. The first-order valence-corrected chi connectivity index (χ1v) is 16.3. The number of rotatable bonds is 4. The van der Waals surface area contributed by atoms with Gasteiger partial charge in [-0.1, -0.05) is 39.3 Å². The number of aromatic amines is 1. The van der Waals surface area contributed by atoms with Crippen LogP contribution in [0.5, 0.6) is 0 Å². The number of primary amides is 1. The quantitative estimate of drug-likeness (QED) is 0.582. The molecular weight excluding hydrogens is 374 g/mol. The Morgan fingerprint density at radius 3 is 2.04 bits per heavy atom. The SMILES string of the molecule is C[Si](C)(C)N[Si](C)(C)C.NC(=O)c1c(C(=O)O)c2c(c3[nH]ccc13)CCC2. The number of H-pyrrole nitrogens is 1. The van der Waals surface area contributed by atoms with E-state index in [0.29, 0.717) is 11.8 Å². The number of benzene rings is 1. The fourth-order valence-electron chi connectivity index (χ4n) is 4.03. The average Bonchev–Trinajstić information content (AvgIpc) is 3.10. The van der Waals surface area contributed by atoms with Gasteiger partial charge >= 0.3 is 5.97 Å². The van der Waals surface area contributed by atoms with Gasteiger partial charge in [0, 0.05) is 17.1 Å². The molecule has 1 amide bonds. The molecule has 0 radical (unpaired) electrons. The minimum atomic E-state index is -1.08. The topological polar surface area (TPSA) is 108 Å². The second-order valence-corrected chi connectivity index (χ2v) is 19.1. The number of aromatic nitrogens is 1. The molecule has 0 unspecified atom stereocenters. The number of carboxylic acid groups (broad SMARTS) is 1. The second kappa shape index (κ2) is 7.61. The van der Waals surface area contributed by atoms with Gasteiger partial charge in [-0.15, -0.1) is 0 Å². The van der Waals surface area contributed by atoms with E-state index >= 15 is 0 Å². The van der Waals surface area contributed by atoms with Gasteiger partial charge in [0.15, 0.2) is 0 Å². The Hall–Kier alpha value is -1.91. The van der Waals surface area contributed by atoms with Crippen LogP contribution in [0.3, 0.4) is 0 Å². The number of fused-ring (bicyclic) bond motifs is 3. The molecule has 0 saturated heterocycles. The van der Waals surface area contributed by atoms with Crippen molar-refractivity contribution in [1.29, 1.82) is 0 Å². The van der Waals surface area contributed by atoms with E-state index in [2.05, 4.69) is 48.9 Å². The Labute approximate surface area is 162 Å². The van der Waals surface area contributed by atoms with Crippen molar-refractivity contribution >= 4 is 39.3 Å². The van der Waals surface area contributed by atoms with Crippen LogP contribution in [0.1, 0.15) is 38.3 Å². The van der Waals surface area contributed by atoms with Crippen LogP contribution in [0.2, 0.25) is 39.3 Å². The fourth-order valence-corrected chi connectivity index (χ4v) is 13.0. The van der Waals surface area contributed by atoms with Crippen LogP contribution in [0.25, 0.3) is 10.9 Å². The van der Waals surface area contributed by atoms with Crippen molar-refractivity contribution in [3.8, 4) is 0 Å². The third-order valence-electron chi connectivity index (χ3n) is 4.30. The number of hydrogen-bond acceptors (Lipinski definition) is 3. The summed E-state index contributed by atoms with van der Waals surface area (Å²) < 4.78 is 3.74. The predicted molar refractivity (Wildman–Crippen MR) is 116 cm³/mol. The van der Waals surface area contributed by atoms with E-state index in [1.165, 1.54) is 0 Å². The maximum Gasteiger partial charge on any atom is 0.336 e. The zero-order valence-electron chi connectivity index (χ0n) is 17.1. The van der Waals surface area contributed by atoms with E-state index in [0.717, 1.165) is 29.5 Å². The average molecular weight is 406 g/mol. The number of carbonyl (C=O) groups is 2. The van der Waals surface area contributed by atoms with Gasteiger partial charge in [0.1, 0.15) is 16.5 Å². The summed E-state index contributed by atoms with van der Waals surface area (Å²) in [6, 6.07) is 1.71. The molecule has 0 spiro atoms. The lowest BCUT2D eigenvalue weighted by Gasteiger charge is -2.28. The fraction of sp³-hybridized carbons (Fsp3) is 0.474. The highest BCUT2D eigenvalue weighted by atomic mass is 28.4. The molecule has 8 heteroatoms. The third kappa shape index (κ3) is 5.08. The lowest BCUT2D eigenvalue weighted by atomic mass is 9.93. The largest absolute Gasteiger partial charge is 0.478 e. The number of carbonyl (C=O) groups excluding carboxylic acids is 1. The van der Waals surface area contributed by atoms with E-state index < -0.39 is 28.3 Å². The van der Waals surface area contributed by atoms with Crippen molar-refractivity contribution in [2.45, 2.75) is 58.5 Å². The lowest BCUT2D eigenvalue weighted by Crippen LogP contribution is -2.55. The number of aromatic carboxylic acids is 1. The summed E-state index contributed by atoms with van der Waals surface area (Å²) in [5.41, 5.74) is 8.18. The van der Waals surface area contributed by atoms with Crippen molar-refractivity contribution < 1.29 is 14.7 Å². The number of nitrogens with one attached hydrogen (secondary N) is 2. The van der Waals surface area contributed by atoms with Crippen LogP contribution in [-0.2, 0) is 12.8 Å². The van der Waals surface area contributed by atoms with Gasteiger partial charge < -0.3 is 20.5 Å². The number of amides is 1. The van der Waals surface area contributed by atoms with Crippen LogP contribution in [0.15, 0.2) is 12.3 Å². The highest BCUT2D eigenvalue weighted by molar-refractivity contribution is 6.90. The highest BCUT2D eigenvalue weighted by Gasteiger charge is 2.28. The van der Waals surface area contributed by atoms with Gasteiger partial charge in [-0.05, 0) is 36.5 Å². The van der Waals surface area contributed by atoms with Gasteiger partial charge in [0.25, 0.3) is 0 Å². The number of nitrogens with two attached hydrogens (primary N) is 1. The van der Waals surface area contributed by atoms with Gasteiger partial charge in [0.2, 0.25) is 5.91 Å². The zero-order valence-corrected chi connectivity index (χ0v) is 19.1. The van der Waals surface area contributed by atoms with Gasteiger partial charge in [0.05, 0.1) is 11.1 Å². The Bertz CT molecular complexity index is 865. The first-order chi connectivity index (χ1) is 12.3. The van der Waals surface area contributed by atoms with Crippen LogP contribution in [0.4, 0.5) is 0 Å². The molecule has 1 aliphatic rings. The third-order valence-corrected chi connectivity index (χ3v) is 10.3. The van der Waals surface area contributed by atoms with Crippen LogP contribution in [0, 0.1) is 0 Å². The molecule has 0 saturated carbocycles. The highest BCUT2D eigenvalue weighted by Crippen LogP contribution is 2.35. The molecule has 2 aromatic rings. The predicted octanol–water partition coefficient (Wildman–Crippen LogP) is 3.70. The normalized spacial score (nSPS) is 13.9. The van der Waals surface area contributed by atoms with Crippen molar-refractivity contribution in [2.75, 3.05) is 0 Å². The van der Waals surface area contributed by atoms with Crippen LogP contribution >= 0.6 is 0 Å². The van der Waals surface area contributed by atoms with Crippen molar-refractivity contribution in [2.24, 2.45) is 5.73 Å². The van der Waals surface area contributed by atoms with Crippen LogP contribution < -0.4 is 10.4 Å². The molecule has 148 valence electrons. The van der Waals surface area contributed by atoms with E-state index in [4.69, 9.17) is 5.73 Å². The Morgan fingerprint density at radius 1 is 1.04 bits per heavy atom. The summed E-state index contributed by atoms with van der Waals surface area (Å²) in [6.45, 7) is 14.1. The molecule has 1 aromatic carbocycles. The molecule has 0 bridgehead atoms. The molecule has 0 atom stereocenters. The van der Waals surface area contributed by atoms with E-state index in [1.54, 1.807) is 12.3 Å². The lowest BCUT2D eigenvalue weighted by molar-refractivity contribution is 0.0691. The molecule has 1 heterocycles. The van der Waals surface area contributed by atoms with E-state index in [1.807, 2.05) is 0 Å². The summed E-state index contributed by atoms with van der Waals surface area (Å²) in [5.74, 6) is -1.77. The molecule has 1 aliphatic carbocycles. The summed E-state index contributed by atoms with van der Waals surface area (Å²) >= 11 is 0. The molecule has 5 N–H and O–H groups in total. The minimum Gasteiger partial charge on any atom is -0.478 e. The molecular formula is C19H31N3O3Si2. The first-order valence-electron chi connectivity index (χ1n) is 9.29. The van der Waals surface area contributed by atoms with Crippen molar-refractivity contribution in [1.82, 2.24) is 9.63 Å². The summed E-state index contributed by atoms with van der Waals surface area (Å²) in [6.07, 6.45) is 4.14. The molecule has 0 fully saturated rings. The molecule has 6 nitrogen and oxygen atoms in total. The Morgan fingerprint density at radius 2 is 1.59 bits per heavy atom. The first kappa shape index (κ1) is 21.4. The number of hydrogen-bond donors (Lipinski definition) is 4. The van der Waals surface area contributed by atoms with Gasteiger partial charge in [-0.2, -0.15) is 0 Å². The summed E-state index contributed by atoms with van der Waals surface area (Å²) in [5, 5.41) is 9.97. The maximum absolute atomic E-state index is 11.6. The number of aryl methyl sites for hydroxylation is 1. The van der Waals surface area contributed by atoms with Gasteiger partial charge in [-0.25, -0.2) is 4.79 Å². The Balaban J connectivity index is 0.000000249. The van der Waals surface area contributed by atoms with Crippen LogP contribution in [-0.4, -0.2) is 38.4 Å². The summed E-state index contributed by atoms with van der Waals surface area (Å²) in [7, 11) is -1.96. The second-order valence-electron chi connectivity index (χ2n) is 9.12. The number of carboxylic acids is 1. The van der Waals surface area contributed by atoms with Crippen molar-refractivity contribution in [3.63, 3.8) is 0 Å².